The van der Waals surface area contributed by atoms with Crippen LogP contribution in [0.4, 0.5) is 0 Å². The van der Waals surface area contributed by atoms with Gasteiger partial charge in [-0.3, -0.25) is 0 Å². The van der Waals surface area contributed by atoms with E-state index >= 15 is 0 Å². The molecule has 0 saturated heterocycles. The number of rotatable bonds is 5. The van der Waals surface area contributed by atoms with E-state index in [2.05, 4.69) is 45.0 Å². The van der Waals surface area contributed by atoms with E-state index in [1.807, 2.05) is 18.2 Å². The van der Waals surface area contributed by atoms with Gasteiger partial charge in [0, 0.05) is 5.56 Å². The van der Waals surface area contributed by atoms with Crippen molar-refractivity contribution in [1.82, 2.24) is 0 Å². The Bertz CT molecular complexity index is 577. The summed E-state index contributed by atoms with van der Waals surface area (Å²) in [5, 5.41) is 0. The fraction of sp³-hybridized carbons (Fsp3) is 0.333. The first-order valence-corrected chi connectivity index (χ1v) is 7.18. The van der Waals surface area contributed by atoms with Crippen LogP contribution in [0, 0.1) is 13.8 Å². The van der Waals surface area contributed by atoms with Crippen LogP contribution in [0.15, 0.2) is 42.5 Å². The van der Waals surface area contributed by atoms with Crippen molar-refractivity contribution in [3.8, 4) is 5.75 Å². The van der Waals surface area contributed by atoms with Crippen LogP contribution in [0.1, 0.15) is 41.6 Å². The van der Waals surface area contributed by atoms with Gasteiger partial charge in [-0.2, -0.15) is 0 Å². The number of hydrogen-bond donors (Lipinski definition) is 1. The molecule has 0 aliphatic heterocycles. The van der Waals surface area contributed by atoms with Gasteiger partial charge in [0.1, 0.15) is 5.75 Å². The molecular weight excluding hydrogens is 246 g/mol. The van der Waals surface area contributed by atoms with Gasteiger partial charge >= 0.3 is 0 Å². The zero-order valence-electron chi connectivity index (χ0n) is 12.5. The average Bonchev–Trinajstić information content (AvgIpc) is 2.47. The lowest BCUT2D eigenvalue weighted by molar-refractivity contribution is 0.313. The highest BCUT2D eigenvalue weighted by Crippen LogP contribution is 2.30. The molecule has 0 radical (unpaired) electrons. The highest BCUT2D eigenvalue weighted by molar-refractivity contribution is 5.44. The van der Waals surface area contributed by atoms with Crippen molar-refractivity contribution in [3.05, 3.63) is 64.7 Å². The Morgan fingerprint density at radius 2 is 1.80 bits per heavy atom. The number of ether oxygens (including phenoxy) is 1. The van der Waals surface area contributed by atoms with Crippen LogP contribution < -0.4 is 10.5 Å². The zero-order valence-corrected chi connectivity index (χ0v) is 12.5. The largest absolute Gasteiger partial charge is 0.493 e. The van der Waals surface area contributed by atoms with Crippen LogP contribution in [0.2, 0.25) is 0 Å². The lowest BCUT2D eigenvalue weighted by Crippen LogP contribution is -2.15. The monoisotopic (exact) mass is 269 g/mol. The number of hydrogen-bond acceptors (Lipinski definition) is 2. The van der Waals surface area contributed by atoms with Crippen LogP contribution in [-0.2, 0) is 0 Å². The molecule has 0 saturated carbocycles. The molecule has 106 valence electrons. The second-order valence-electron chi connectivity index (χ2n) is 5.22. The van der Waals surface area contributed by atoms with E-state index in [9.17, 15) is 0 Å². The Hall–Kier alpha value is -1.80. The third-order valence-corrected chi connectivity index (χ3v) is 3.49. The van der Waals surface area contributed by atoms with Crippen LogP contribution in [-0.4, -0.2) is 6.61 Å². The smallest absolute Gasteiger partial charge is 0.124 e. The lowest BCUT2D eigenvalue weighted by atomic mass is 9.94. The minimum atomic E-state index is -0.150. The summed E-state index contributed by atoms with van der Waals surface area (Å²) in [4.78, 5) is 0. The fourth-order valence-electron chi connectivity index (χ4n) is 2.34. The average molecular weight is 269 g/mol. The number of aryl methyl sites for hydroxylation is 2. The maximum Gasteiger partial charge on any atom is 0.124 e. The summed E-state index contributed by atoms with van der Waals surface area (Å²) in [6.45, 7) is 7.02. The van der Waals surface area contributed by atoms with Crippen LogP contribution in [0.25, 0.3) is 0 Å². The van der Waals surface area contributed by atoms with Crippen LogP contribution in [0.5, 0.6) is 5.75 Å². The van der Waals surface area contributed by atoms with Crippen molar-refractivity contribution in [2.75, 3.05) is 6.61 Å². The summed E-state index contributed by atoms with van der Waals surface area (Å²) in [6.07, 6.45) is 0.993. The maximum absolute atomic E-state index is 6.48. The molecule has 0 amide bonds. The molecule has 1 unspecified atom stereocenters. The molecule has 0 spiro atoms. The van der Waals surface area contributed by atoms with E-state index in [0.29, 0.717) is 0 Å². The molecule has 0 heterocycles. The van der Waals surface area contributed by atoms with Crippen molar-refractivity contribution in [2.45, 2.75) is 33.2 Å². The molecular formula is C18H23NO. The Labute approximate surface area is 121 Å². The van der Waals surface area contributed by atoms with Gasteiger partial charge in [0.2, 0.25) is 0 Å². The highest BCUT2D eigenvalue weighted by atomic mass is 16.5. The summed E-state index contributed by atoms with van der Waals surface area (Å²) >= 11 is 0. The van der Waals surface area contributed by atoms with Gasteiger partial charge in [0.05, 0.1) is 12.6 Å². The van der Waals surface area contributed by atoms with Gasteiger partial charge < -0.3 is 10.5 Å². The normalized spacial score (nSPS) is 12.2. The van der Waals surface area contributed by atoms with E-state index in [4.69, 9.17) is 10.5 Å². The van der Waals surface area contributed by atoms with E-state index < -0.39 is 0 Å². The van der Waals surface area contributed by atoms with E-state index in [1.165, 1.54) is 11.1 Å². The number of nitrogens with two attached hydrogens (primary N) is 1. The minimum absolute atomic E-state index is 0.150. The summed E-state index contributed by atoms with van der Waals surface area (Å²) in [7, 11) is 0. The predicted molar refractivity (Wildman–Crippen MR) is 84.2 cm³/mol. The first-order chi connectivity index (χ1) is 9.63. The van der Waals surface area contributed by atoms with Gasteiger partial charge in [-0.05, 0) is 37.5 Å². The molecule has 2 aromatic rings. The Kier molecular flexibility index (Phi) is 4.80. The molecule has 0 fully saturated rings. The third-order valence-electron chi connectivity index (χ3n) is 3.49. The predicted octanol–water partition coefficient (Wildman–Crippen LogP) is 4.14. The molecule has 1 atom stereocenters. The second kappa shape index (κ2) is 6.58. The Balaban J connectivity index is 2.37. The summed E-state index contributed by atoms with van der Waals surface area (Å²) in [6, 6.07) is 14.3. The fourth-order valence-corrected chi connectivity index (χ4v) is 2.34. The lowest BCUT2D eigenvalue weighted by Gasteiger charge is -2.19. The third kappa shape index (κ3) is 3.20. The SMILES string of the molecule is CCCOc1ccccc1C(N)c1cc(C)ccc1C. The molecule has 20 heavy (non-hydrogen) atoms. The highest BCUT2D eigenvalue weighted by Gasteiger charge is 2.15. The molecule has 2 nitrogen and oxygen atoms in total. The van der Waals surface area contributed by atoms with E-state index in [0.717, 1.165) is 29.9 Å². The van der Waals surface area contributed by atoms with Crippen molar-refractivity contribution in [3.63, 3.8) is 0 Å². The summed E-state index contributed by atoms with van der Waals surface area (Å²) < 4.78 is 5.82. The topological polar surface area (TPSA) is 35.2 Å². The van der Waals surface area contributed by atoms with Gasteiger partial charge in [-0.1, -0.05) is 48.9 Å². The minimum Gasteiger partial charge on any atom is -0.493 e. The maximum atomic E-state index is 6.48. The van der Waals surface area contributed by atoms with Crippen molar-refractivity contribution < 1.29 is 4.74 Å². The van der Waals surface area contributed by atoms with Crippen molar-refractivity contribution >= 4 is 0 Å². The van der Waals surface area contributed by atoms with Gasteiger partial charge in [0.15, 0.2) is 0 Å². The second-order valence-corrected chi connectivity index (χ2v) is 5.22. The van der Waals surface area contributed by atoms with E-state index in [-0.39, 0.29) is 6.04 Å². The van der Waals surface area contributed by atoms with Crippen LogP contribution >= 0.6 is 0 Å². The molecule has 0 aliphatic carbocycles. The quantitative estimate of drug-likeness (QED) is 0.885. The molecule has 2 rings (SSSR count). The standard InChI is InChI=1S/C18H23NO/c1-4-11-20-17-8-6-5-7-15(17)18(19)16-12-13(2)9-10-14(16)3/h5-10,12,18H,4,11,19H2,1-3H3. The van der Waals surface area contributed by atoms with Gasteiger partial charge in [0.25, 0.3) is 0 Å². The molecule has 0 aromatic heterocycles. The first-order valence-electron chi connectivity index (χ1n) is 7.18. The molecule has 2 heteroatoms. The van der Waals surface area contributed by atoms with Crippen molar-refractivity contribution in [2.24, 2.45) is 5.73 Å². The Morgan fingerprint density at radius 3 is 2.55 bits per heavy atom. The zero-order chi connectivity index (χ0) is 14.5. The van der Waals surface area contributed by atoms with Crippen LogP contribution in [0.3, 0.4) is 0 Å². The van der Waals surface area contributed by atoms with E-state index in [1.54, 1.807) is 0 Å². The molecule has 0 aliphatic rings. The molecule has 0 bridgehead atoms. The Morgan fingerprint density at radius 1 is 1.05 bits per heavy atom. The number of benzene rings is 2. The van der Waals surface area contributed by atoms with Crippen molar-refractivity contribution in [1.29, 1.82) is 0 Å². The molecule has 2 aromatic carbocycles. The summed E-state index contributed by atoms with van der Waals surface area (Å²) in [5.74, 6) is 0.891. The molecule has 2 N–H and O–H groups in total. The van der Waals surface area contributed by atoms with Gasteiger partial charge in [-0.15, -0.1) is 0 Å². The summed E-state index contributed by atoms with van der Waals surface area (Å²) in [5.41, 5.74) is 11.1. The number of para-hydroxylation sites is 1. The first kappa shape index (κ1) is 14.6. The van der Waals surface area contributed by atoms with Gasteiger partial charge in [-0.25, -0.2) is 0 Å².